The lowest BCUT2D eigenvalue weighted by molar-refractivity contribution is -0.143. The van der Waals surface area contributed by atoms with Crippen molar-refractivity contribution in [1.82, 2.24) is 15.0 Å². The molecule has 0 fully saturated rings. The van der Waals surface area contributed by atoms with Gasteiger partial charge in [0.15, 0.2) is 0 Å². The molecule has 0 spiro atoms. The number of thioether (sulfide) groups is 1. The van der Waals surface area contributed by atoms with Crippen LogP contribution in [0, 0.1) is 0 Å². The predicted molar refractivity (Wildman–Crippen MR) is 123 cm³/mol. The van der Waals surface area contributed by atoms with Crippen molar-refractivity contribution < 1.29 is 61.1 Å². The second kappa shape index (κ2) is 12.1. The van der Waals surface area contributed by atoms with Gasteiger partial charge in [-0.05, 0) is 48.8 Å². The number of carbonyl (C=O) groups excluding carboxylic acids is 1. The first kappa shape index (κ1) is 33.7. The van der Waals surface area contributed by atoms with Crippen LogP contribution in [0.1, 0.15) is 23.1 Å². The van der Waals surface area contributed by atoms with Crippen LogP contribution in [0.2, 0.25) is 0 Å². The molecule has 40 heavy (non-hydrogen) atoms. The molecule has 0 saturated carbocycles. The summed E-state index contributed by atoms with van der Waals surface area (Å²) < 4.78 is 170. The number of hydrogen-bond donors (Lipinski definition) is 3. The summed E-state index contributed by atoms with van der Waals surface area (Å²) in [4.78, 5) is 11.2. The Bertz CT molecular complexity index is 1410. The molecule has 0 radical (unpaired) electrons. The number of hydrogen-bond acceptors (Lipinski definition) is 6. The van der Waals surface area contributed by atoms with Gasteiger partial charge in [-0.1, -0.05) is 12.1 Å². The molecule has 0 aliphatic heterocycles. The van der Waals surface area contributed by atoms with Crippen LogP contribution in [-0.2, 0) is 43.4 Å². The van der Waals surface area contributed by atoms with Crippen molar-refractivity contribution >= 4 is 37.7 Å². The van der Waals surface area contributed by atoms with Crippen LogP contribution >= 0.6 is 11.8 Å². The number of benzene rings is 2. The molecule has 0 saturated heterocycles. The number of hydrazine groups is 1. The molecule has 2 aromatic carbocycles. The number of nitrogens with one attached hydrogen (secondary N) is 3. The zero-order valence-electron chi connectivity index (χ0n) is 19.7. The molecule has 0 aromatic heterocycles. The Morgan fingerprint density at radius 1 is 0.825 bits per heavy atom. The number of alkyl halides is 9. The van der Waals surface area contributed by atoms with Crippen molar-refractivity contribution in [3.63, 3.8) is 0 Å². The molecular formula is C20H18F9N3O5S3. The fraction of sp³-hybridized carbons (Fsp3) is 0.350. The van der Waals surface area contributed by atoms with Gasteiger partial charge in [0.25, 0.3) is 15.9 Å². The predicted octanol–water partition coefficient (Wildman–Crippen LogP) is 4.15. The molecule has 2 aromatic rings. The molecule has 1 atom stereocenters. The first-order valence-corrected chi connectivity index (χ1v) is 14.7. The van der Waals surface area contributed by atoms with Crippen molar-refractivity contribution in [2.75, 3.05) is 12.0 Å². The number of amides is 1. The monoisotopic (exact) mass is 647 g/mol. The molecule has 0 bridgehead atoms. The first-order valence-electron chi connectivity index (χ1n) is 10.4. The zero-order valence-corrected chi connectivity index (χ0v) is 22.2. The number of carbonyl (C=O) groups is 1. The zero-order chi connectivity index (χ0) is 30.7. The molecule has 3 N–H and O–H groups in total. The van der Waals surface area contributed by atoms with E-state index in [4.69, 9.17) is 0 Å². The highest BCUT2D eigenvalue weighted by Gasteiger charge is 2.40. The highest BCUT2D eigenvalue weighted by molar-refractivity contribution is 7.98. The summed E-state index contributed by atoms with van der Waals surface area (Å²) in [5.74, 6) is -1.55. The Labute approximate surface area is 225 Å². The maximum Gasteiger partial charge on any atom is 0.417 e. The van der Waals surface area contributed by atoms with E-state index in [2.05, 4.69) is 0 Å². The van der Waals surface area contributed by atoms with Gasteiger partial charge in [-0.2, -0.15) is 56.0 Å². The molecule has 20 heteroatoms. The second-order valence-electron chi connectivity index (χ2n) is 7.79. The lowest BCUT2D eigenvalue weighted by Gasteiger charge is -2.20. The van der Waals surface area contributed by atoms with Crippen LogP contribution < -0.4 is 15.0 Å². The van der Waals surface area contributed by atoms with E-state index in [1.54, 1.807) is 4.72 Å². The lowest BCUT2D eigenvalue weighted by Crippen LogP contribution is -2.52. The highest BCUT2D eigenvalue weighted by Crippen LogP contribution is 2.37. The van der Waals surface area contributed by atoms with Crippen LogP contribution in [0.15, 0.2) is 52.3 Å². The van der Waals surface area contributed by atoms with Crippen molar-refractivity contribution in [1.29, 1.82) is 0 Å². The van der Waals surface area contributed by atoms with Gasteiger partial charge in [-0.3, -0.25) is 10.2 Å². The summed E-state index contributed by atoms with van der Waals surface area (Å²) in [6.45, 7) is 0. The third-order valence-electron chi connectivity index (χ3n) is 4.89. The van der Waals surface area contributed by atoms with E-state index in [0.29, 0.717) is 12.1 Å². The van der Waals surface area contributed by atoms with E-state index in [0.717, 1.165) is 23.9 Å². The van der Waals surface area contributed by atoms with Crippen LogP contribution in [0.4, 0.5) is 39.5 Å². The Kier molecular flexibility index (Phi) is 10.2. The quantitative estimate of drug-likeness (QED) is 0.263. The standard InChI is InChI=1S/C20H18F9N3O5S3/c1-38-7-6-15(17(33)30-32-40(36,37)16-5-3-2-4-14(16)20(27,28)29)31-39(34,35)13-9-11(18(21,22)23)8-12(10-13)19(24,25)26/h2-5,8-10,15,31-32H,6-7H2,1H3,(H,30,33)/t15-/m0/s1. The SMILES string of the molecule is CSCC[C@H](NS(=O)(=O)c1cc(C(F)(F)F)cc(C(F)(F)F)c1)C(=O)NNS(=O)(=O)c1ccccc1C(F)(F)F. The largest absolute Gasteiger partial charge is 0.417 e. The van der Waals surface area contributed by atoms with Gasteiger partial charge in [0.05, 0.1) is 26.5 Å². The second-order valence-corrected chi connectivity index (χ2v) is 12.1. The first-order chi connectivity index (χ1) is 18.1. The molecule has 0 unspecified atom stereocenters. The van der Waals surface area contributed by atoms with Crippen molar-refractivity contribution in [3.8, 4) is 0 Å². The van der Waals surface area contributed by atoms with Gasteiger partial charge in [-0.15, -0.1) is 4.83 Å². The van der Waals surface area contributed by atoms with Crippen molar-refractivity contribution in [2.45, 2.75) is 40.8 Å². The number of rotatable bonds is 10. The van der Waals surface area contributed by atoms with Crippen molar-refractivity contribution in [2.24, 2.45) is 0 Å². The maximum absolute atomic E-state index is 13.2. The molecule has 1 amide bonds. The van der Waals surface area contributed by atoms with E-state index >= 15 is 0 Å². The highest BCUT2D eigenvalue weighted by atomic mass is 32.2. The van der Waals surface area contributed by atoms with Gasteiger partial charge in [-0.25, -0.2) is 16.8 Å². The topological polar surface area (TPSA) is 121 Å². The Balaban J connectivity index is 2.39. The molecule has 0 aliphatic rings. The number of halogens is 9. The van der Waals surface area contributed by atoms with Crippen LogP contribution in [0.3, 0.4) is 0 Å². The van der Waals surface area contributed by atoms with Crippen LogP contribution in [0.25, 0.3) is 0 Å². The summed E-state index contributed by atoms with van der Waals surface area (Å²) in [6, 6.07) is 0.353. The van der Waals surface area contributed by atoms with Gasteiger partial charge in [0.2, 0.25) is 10.0 Å². The molecular weight excluding hydrogens is 629 g/mol. The maximum atomic E-state index is 13.2. The van der Waals surface area contributed by atoms with E-state index in [1.165, 1.54) is 16.5 Å². The third kappa shape index (κ3) is 8.72. The summed E-state index contributed by atoms with van der Waals surface area (Å²) >= 11 is 1.03. The van der Waals surface area contributed by atoms with E-state index in [9.17, 15) is 61.1 Å². The average molecular weight is 648 g/mol. The number of sulfonamides is 2. The summed E-state index contributed by atoms with van der Waals surface area (Å²) in [7, 11) is -10.4. The smallest absolute Gasteiger partial charge is 0.276 e. The fourth-order valence-electron chi connectivity index (χ4n) is 3.01. The Morgan fingerprint density at radius 3 is 1.82 bits per heavy atom. The van der Waals surface area contributed by atoms with Crippen molar-refractivity contribution in [3.05, 3.63) is 59.2 Å². The Hall–Kier alpha value is -2.55. The van der Waals surface area contributed by atoms with Gasteiger partial charge in [0, 0.05) is 0 Å². The molecule has 8 nitrogen and oxygen atoms in total. The van der Waals surface area contributed by atoms with Gasteiger partial charge >= 0.3 is 18.5 Å². The summed E-state index contributed by atoms with van der Waals surface area (Å²) in [5.41, 5.74) is -3.99. The molecule has 2 rings (SSSR count). The summed E-state index contributed by atoms with van der Waals surface area (Å²) in [5, 5.41) is 0. The van der Waals surface area contributed by atoms with E-state index < -0.39 is 83.4 Å². The van der Waals surface area contributed by atoms with E-state index in [1.807, 2.05) is 0 Å². The average Bonchev–Trinajstić information content (AvgIpc) is 2.83. The van der Waals surface area contributed by atoms with Gasteiger partial charge in [0.1, 0.15) is 6.04 Å². The van der Waals surface area contributed by atoms with Crippen LogP contribution in [0.5, 0.6) is 0 Å². The lowest BCUT2D eigenvalue weighted by atomic mass is 10.1. The molecule has 0 heterocycles. The minimum Gasteiger partial charge on any atom is -0.276 e. The third-order valence-corrected chi connectivity index (χ3v) is 8.29. The fourth-order valence-corrected chi connectivity index (χ4v) is 5.86. The van der Waals surface area contributed by atoms with Crippen LogP contribution in [-0.4, -0.2) is 40.8 Å². The molecule has 224 valence electrons. The summed E-state index contributed by atoms with van der Waals surface area (Å²) in [6.07, 6.45) is -14.9. The van der Waals surface area contributed by atoms with E-state index in [-0.39, 0.29) is 24.0 Å². The minimum absolute atomic E-state index is 0.0271. The Morgan fingerprint density at radius 2 is 1.35 bits per heavy atom. The normalized spacial score (nSPS) is 14.2. The molecule has 0 aliphatic carbocycles. The van der Waals surface area contributed by atoms with Gasteiger partial charge < -0.3 is 0 Å². The minimum atomic E-state index is -5.38.